The van der Waals surface area contributed by atoms with Crippen LogP contribution in [0.3, 0.4) is 0 Å². The fourth-order valence-corrected chi connectivity index (χ4v) is 4.38. The highest BCUT2D eigenvalue weighted by atomic mass is 32.1. The Morgan fingerprint density at radius 1 is 1.13 bits per heavy atom. The molecule has 0 aliphatic carbocycles. The zero-order valence-corrected chi connectivity index (χ0v) is 14.7. The normalized spacial score (nSPS) is 11.3. The molecule has 0 radical (unpaired) electrons. The maximum absolute atomic E-state index is 5.21. The summed E-state index contributed by atoms with van der Waals surface area (Å²) in [5.74, 6) is 1.63. The molecule has 0 aliphatic heterocycles. The summed E-state index contributed by atoms with van der Waals surface area (Å²) in [5.41, 5.74) is 4.40. The number of thiophene rings is 1. The molecule has 0 saturated heterocycles. The van der Waals surface area contributed by atoms with Crippen molar-refractivity contribution in [2.24, 2.45) is 0 Å². The van der Waals surface area contributed by atoms with Gasteiger partial charge in [-0.1, -0.05) is 11.2 Å². The average Bonchev–Trinajstić information content (AvgIpc) is 3.26. The van der Waals surface area contributed by atoms with E-state index in [0.717, 1.165) is 39.2 Å². The van der Waals surface area contributed by atoms with Gasteiger partial charge in [0.25, 0.3) is 0 Å². The van der Waals surface area contributed by atoms with Crippen molar-refractivity contribution in [3.05, 3.63) is 52.2 Å². The molecule has 0 N–H and O–H groups in total. The van der Waals surface area contributed by atoms with E-state index in [9.17, 15) is 0 Å². The van der Waals surface area contributed by atoms with Gasteiger partial charge in [-0.05, 0) is 38.3 Å². The van der Waals surface area contributed by atoms with E-state index in [4.69, 9.17) is 9.51 Å². The van der Waals surface area contributed by atoms with Crippen molar-refractivity contribution < 1.29 is 4.52 Å². The molecule has 4 nitrogen and oxygen atoms in total. The molecule has 4 rings (SSSR count). The number of aryl methyl sites for hydroxylation is 2. The van der Waals surface area contributed by atoms with Crippen LogP contribution < -0.4 is 0 Å². The third-order valence-electron chi connectivity index (χ3n) is 3.79. The zero-order valence-electron chi connectivity index (χ0n) is 13.0. The highest BCUT2D eigenvalue weighted by Gasteiger charge is 2.17. The molecular formula is C17H15N3OS2. The second kappa shape index (κ2) is 5.47. The second-order valence-electron chi connectivity index (χ2n) is 5.43. The van der Waals surface area contributed by atoms with Gasteiger partial charge in [0.1, 0.15) is 10.8 Å². The molecule has 4 heterocycles. The van der Waals surface area contributed by atoms with Gasteiger partial charge in [0.05, 0.1) is 10.6 Å². The van der Waals surface area contributed by atoms with Crippen molar-refractivity contribution in [2.45, 2.75) is 20.8 Å². The average molecular weight is 341 g/mol. The first-order valence-corrected chi connectivity index (χ1v) is 9.02. The van der Waals surface area contributed by atoms with Crippen LogP contribution in [0.5, 0.6) is 0 Å². The van der Waals surface area contributed by atoms with E-state index < -0.39 is 0 Å². The third-order valence-corrected chi connectivity index (χ3v) is 5.67. The summed E-state index contributed by atoms with van der Waals surface area (Å²) < 4.78 is 7.32. The van der Waals surface area contributed by atoms with E-state index in [0.29, 0.717) is 0 Å². The molecular weight excluding hydrogens is 326 g/mol. The van der Waals surface area contributed by atoms with Gasteiger partial charge in [-0.25, -0.2) is 4.98 Å². The molecule has 23 heavy (non-hydrogen) atoms. The molecule has 0 atom stereocenters. The quantitative estimate of drug-likeness (QED) is 0.511. The maximum atomic E-state index is 5.21. The Kier molecular flexibility index (Phi) is 3.43. The zero-order chi connectivity index (χ0) is 16.0. The highest BCUT2D eigenvalue weighted by Crippen LogP contribution is 2.34. The van der Waals surface area contributed by atoms with Crippen molar-refractivity contribution in [3.63, 3.8) is 0 Å². The van der Waals surface area contributed by atoms with Gasteiger partial charge in [-0.15, -0.1) is 22.7 Å². The minimum atomic E-state index is 0.808. The lowest BCUT2D eigenvalue weighted by molar-refractivity contribution is 0.394. The van der Waals surface area contributed by atoms with Crippen LogP contribution in [0.15, 0.2) is 39.5 Å². The van der Waals surface area contributed by atoms with Gasteiger partial charge < -0.3 is 4.52 Å². The SMILES string of the molecule is Cc1cc(-n2c(C)cc(-c3csc(-c4cccs4)n3)c2C)no1. The van der Waals surface area contributed by atoms with Crippen LogP contribution in [0.2, 0.25) is 0 Å². The third kappa shape index (κ3) is 2.44. The molecule has 4 aromatic heterocycles. The molecule has 0 unspecified atom stereocenters. The summed E-state index contributed by atoms with van der Waals surface area (Å²) in [7, 11) is 0. The molecule has 0 spiro atoms. The Hall–Kier alpha value is -2.18. The molecule has 0 aliphatic rings. The van der Waals surface area contributed by atoms with Crippen LogP contribution in [0.25, 0.3) is 27.0 Å². The standard InChI is InChI=1S/C17H15N3OS2/c1-10-7-13(12(3)20(10)16-8-11(2)21-19-16)14-9-23-17(18-14)15-5-4-6-22-15/h4-9H,1-3H3. The van der Waals surface area contributed by atoms with Crippen LogP contribution in [0.1, 0.15) is 17.1 Å². The monoisotopic (exact) mass is 341 g/mol. The number of thiazole rings is 1. The van der Waals surface area contributed by atoms with Crippen LogP contribution in [0, 0.1) is 20.8 Å². The number of hydrogen-bond donors (Lipinski definition) is 0. The predicted molar refractivity (Wildman–Crippen MR) is 94.5 cm³/mol. The first-order chi connectivity index (χ1) is 11.1. The summed E-state index contributed by atoms with van der Waals surface area (Å²) in [5, 5.41) is 9.40. The molecule has 0 bridgehead atoms. The van der Waals surface area contributed by atoms with Gasteiger partial charge in [-0.3, -0.25) is 4.57 Å². The number of hydrogen-bond acceptors (Lipinski definition) is 5. The second-order valence-corrected chi connectivity index (χ2v) is 7.24. The molecule has 4 aromatic rings. The van der Waals surface area contributed by atoms with Crippen molar-refractivity contribution >= 4 is 22.7 Å². The number of rotatable bonds is 3. The van der Waals surface area contributed by atoms with Crippen molar-refractivity contribution in [1.29, 1.82) is 0 Å². The Balaban J connectivity index is 1.79. The van der Waals surface area contributed by atoms with E-state index in [1.165, 1.54) is 4.88 Å². The Bertz CT molecular complexity index is 960. The van der Waals surface area contributed by atoms with Crippen LogP contribution in [0.4, 0.5) is 0 Å². The largest absolute Gasteiger partial charge is 0.360 e. The number of aromatic nitrogens is 3. The first kappa shape index (κ1) is 14.4. The summed E-state index contributed by atoms with van der Waals surface area (Å²) in [6.45, 7) is 6.07. The van der Waals surface area contributed by atoms with Crippen molar-refractivity contribution in [1.82, 2.24) is 14.7 Å². The molecule has 0 aromatic carbocycles. The molecule has 0 amide bonds. The van der Waals surface area contributed by atoms with Gasteiger partial charge in [0, 0.05) is 28.4 Å². The van der Waals surface area contributed by atoms with E-state index in [-0.39, 0.29) is 0 Å². The van der Waals surface area contributed by atoms with E-state index >= 15 is 0 Å². The lowest BCUT2D eigenvalue weighted by atomic mass is 10.2. The van der Waals surface area contributed by atoms with Gasteiger partial charge in [0.2, 0.25) is 0 Å². The lowest BCUT2D eigenvalue weighted by Gasteiger charge is -2.04. The van der Waals surface area contributed by atoms with E-state index in [1.54, 1.807) is 22.7 Å². The highest BCUT2D eigenvalue weighted by molar-refractivity contribution is 7.20. The first-order valence-electron chi connectivity index (χ1n) is 7.26. The summed E-state index contributed by atoms with van der Waals surface area (Å²) in [6, 6.07) is 8.27. The predicted octanol–water partition coefficient (Wildman–Crippen LogP) is 5.24. The van der Waals surface area contributed by atoms with Crippen LogP contribution >= 0.6 is 22.7 Å². The minimum absolute atomic E-state index is 0.808. The fourth-order valence-electron chi connectivity index (χ4n) is 2.74. The fraction of sp³-hybridized carbons (Fsp3) is 0.176. The Morgan fingerprint density at radius 3 is 2.70 bits per heavy atom. The van der Waals surface area contributed by atoms with Gasteiger partial charge >= 0.3 is 0 Å². The molecule has 116 valence electrons. The lowest BCUT2D eigenvalue weighted by Crippen LogP contribution is -1.99. The maximum Gasteiger partial charge on any atom is 0.180 e. The summed E-state index contributed by atoms with van der Waals surface area (Å²) in [4.78, 5) is 6.02. The molecule has 0 fully saturated rings. The van der Waals surface area contributed by atoms with Crippen LogP contribution in [-0.4, -0.2) is 14.7 Å². The van der Waals surface area contributed by atoms with Crippen molar-refractivity contribution in [3.8, 4) is 27.0 Å². The number of nitrogens with zero attached hydrogens (tertiary/aromatic N) is 3. The Morgan fingerprint density at radius 2 is 2.00 bits per heavy atom. The van der Waals surface area contributed by atoms with Gasteiger partial charge in [0.15, 0.2) is 5.82 Å². The molecule has 0 saturated carbocycles. The van der Waals surface area contributed by atoms with E-state index in [1.807, 2.05) is 13.0 Å². The van der Waals surface area contributed by atoms with Crippen LogP contribution in [-0.2, 0) is 0 Å². The Labute approximate surface area is 142 Å². The smallest absolute Gasteiger partial charge is 0.180 e. The topological polar surface area (TPSA) is 43.9 Å². The minimum Gasteiger partial charge on any atom is -0.360 e. The van der Waals surface area contributed by atoms with Gasteiger partial charge in [-0.2, -0.15) is 0 Å². The van der Waals surface area contributed by atoms with E-state index in [2.05, 4.69) is 52.5 Å². The van der Waals surface area contributed by atoms with Crippen molar-refractivity contribution in [2.75, 3.05) is 0 Å². The molecule has 6 heteroatoms. The summed E-state index contributed by atoms with van der Waals surface area (Å²) in [6.07, 6.45) is 0. The summed E-state index contributed by atoms with van der Waals surface area (Å²) >= 11 is 3.40.